The standard InChI is InChI=1S/C6H14N2O4S/c9-13(10,11)12-6-7-8-4-2-1-3-5-8/h7H,1-6H2,(H,9,10,11). The van der Waals surface area contributed by atoms with Crippen molar-refractivity contribution in [1.82, 2.24) is 10.4 Å². The van der Waals surface area contributed by atoms with E-state index in [0.717, 1.165) is 25.9 Å². The Hall–Kier alpha value is -0.210. The van der Waals surface area contributed by atoms with Gasteiger partial charge in [0, 0.05) is 13.1 Å². The second-order valence-corrected chi connectivity index (χ2v) is 3.99. The van der Waals surface area contributed by atoms with Crippen molar-refractivity contribution in [1.29, 1.82) is 0 Å². The van der Waals surface area contributed by atoms with Crippen LogP contribution >= 0.6 is 0 Å². The quantitative estimate of drug-likeness (QED) is 0.492. The number of hydrogen-bond acceptors (Lipinski definition) is 5. The van der Waals surface area contributed by atoms with E-state index in [-0.39, 0.29) is 6.73 Å². The van der Waals surface area contributed by atoms with E-state index in [9.17, 15) is 8.42 Å². The molecule has 1 aliphatic rings. The smallest absolute Gasteiger partial charge is 0.263 e. The van der Waals surface area contributed by atoms with E-state index in [2.05, 4.69) is 9.61 Å². The summed E-state index contributed by atoms with van der Waals surface area (Å²) in [5, 5.41) is 1.88. The van der Waals surface area contributed by atoms with Crippen LogP contribution in [0.1, 0.15) is 19.3 Å². The maximum absolute atomic E-state index is 10.1. The van der Waals surface area contributed by atoms with E-state index in [4.69, 9.17) is 4.55 Å². The van der Waals surface area contributed by atoms with Crippen molar-refractivity contribution in [3.05, 3.63) is 0 Å². The minimum atomic E-state index is -4.31. The fraction of sp³-hybridized carbons (Fsp3) is 1.00. The average Bonchev–Trinajstić information content (AvgIpc) is 2.04. The second kappa shape index (κ2) is 4.87. The van der Waals surface area contributed by atoms with Gasteiger partial charge in [-0.2, -0.15) is 8.42 Å². The molecule has 78 valence electrons. The monoisotopic (exact) mass is 210 g/mol. The third kappa shape index (κ3) is 5.17. The third-order valence-corrected chi connectivity index (χ3v) is 2.27. The van der Waals surface area contributed by atoms with E-state index >= 15 is 0 Å². The lowest BCUT2D eigenvalue weighted by Gasteiger charge is -2.26. The molecule has 0 bridgehead atoms. The molecular weight excluding hydrogens is 196 g/mol. The number of hydrogen-bond donors (Lipinski definition) is 2. The minimum Gasteiger partial charge on any atom is -0.263 e. The molecule has 0 atom stereocenters. The molecule has 7 heteroatoms. The van der Waals surface area contributed by atoms with Crippen LogP contribution in [0, 0.1) is 0 Å². The Bertz CT molecular complexity index is 235. The Morgan fingerprint density at radius 1 is 1.31 bits per heavy atom. The van der Waals surface area contributed by atoms with Crippen molar-refractivity contribution in [3.8, 4) is 0 Å². The van der Waals surface area contributed by atoms with Crippen LogP contribution in [0.4, 0.5) is 0 Å². The van der Waals surface area contributed by atoms with Crippen LogP contribution < -0.4 is 5.43 Å². The van der Waals surface area contributed by atoms with Gasteiger partial charge in [0.1, 0.15) is 6.73 Å². The molecule has 1 fully saturated rings. The zero-order valence-electron chi connectivity index (χ0n) is 7.27. The van der Waals surface area contributed by atoms with E-state index in [1.54, 1.807) is 0 Å². The zero-order valence-corrected chi connectivity index (χ0v) is 8.09. The Morgan fingerprint density at radius 2 is 1.92 bits per heavy atom. The highest BCUT2D eigenvalue weighted by Crippen LogP contribution is 2.05. The third-order valence-electron chi connectivity index (χ3n) is 1.85. The first-order valence-corrected chi connectivity index (χ1v) is 5.55. The normalized spacial score (nSPS) is 20.4. The van der Waals surface area contributed by atoms with Crippen LogP contribution in [0.15, 0.2) is 0 Å². The summed E-state index contributed by atoms with van der Waals surface area (Å²) in [6.45, 7) is 1.56. The van der Waals surface area contributed by atoms with Crippen molar-refractivity contribution >= 4 is 10.4 Å². The molecule has 13 heavy (non-hydrogen) atoms. The van der Waals surface area contributed by atoms with Crippen LogP contribution in [0.3, 0.4) is 0 Å². The molecule has 0 spiro atoms. The molecule has 1 heterocycles. The molecule has 0 aromatic rings. The van der Waals surface area contributed by atoms with E-state index in [1.807, 2.05) is 5.01 Å². The van der Waals surface area contributed by atoms with Gasteiger partial charge in [-0.25, -0.2) is 14.6 Å². The van der Waals surface area contributed by atoms with Gasteiger partial charge < -0.3 is 0 Å². The summed E-state index contributed by atoms with van der Waals surface area (Å²) in [6.07, 6.45) is 3.40. The second-order valence-electron chi connectivity index (χ2n) is 2.90. The Kier molecular flexibility index (Phi) is 4.07. The van der Waals surface area contributed by atoms with Crippen molar-refractivity contribution < 1.29 is 17.2 Å². The SMILES string of the molecule is O=S(=O)(O)OCNN1CCCCC1. The lowest BCUT2D eigenvalue weighted by atomic mass is 10.2. The van der Waals surface area contributed by atoms with Crippen LogP contribution in [-0.4, -0.2) is 37.8 Å². The first-order valence-electron chi connectivity index (χ1n) is 4.18. The van der Waals surface area contributed by atoms with Gasteiger partial charge in [0.25, 0.3) is 0 Å². The first kappa shape index (κ1) is 10.9. The van der Waals surface area contributed by atoms with Gasteiger partial charge in [-0.15, -0.1) is 0 Å². The van der Waals surface area contributed by atoms with E-state index in [0.29, 0.717) is 0 Å². The van der Waals surface area contributed by atoms with Gasteiger partial charge in [0.05, 0.1) is 0 Å². The van der Waals surface area contributed by atoms with Crippen molar-refractivity contribution in [2.75, 3.05) is 19.8 Å². The van der Waals surface area contributed by atoms with Gasteiger partial charge in [-0.1, -0.05) is 6.42 Å². The Balaban J connectivity index is 2.11. The highest BCUT2D eigenvalue weighted by atomic mass is 32.3. The minimum absolute atomic E-state index is 0.209. The largest absolute Gasteiger partial charge is 0.398 e. The van der Waals surface area contributed by atoms with Gasteiger partial charge in [0.15, 0.2) is 0 Å². The summed E-state index contributed by atoms with van der Waals surface area (Å²) in [5.41, 5.74) is 2.75. The molecule has 0 aromatic carbocycles. The summed E-state index contributed by atoms with van der Waals surface area (Å²) in [6, 6.07) is 0. The van der Waals surface area contributed by atoms with Crippen molar-refractivity contribution in [2.45, 2.75) is 19.3 Å². The summed E-state index contributed by atoms with van der Waals surface area (Å²) >= 11 is 0. The average molecular weight is 210 g/mol. The molecule has 0 aliphatic carbocycles. The molecule has 6 nitrogen and oxygen atoms in total. The highest BCUT2D eigenvalue weighted by molar-refractivity contribution is 7.80. The predicted octanol–water partition coefficient (Wildman–Crippen LogP) is -0.246. The van der Waals surface area contributed by atoms with Crippen LogP contribution in [0.2, 0.25) is 0 Å². The molecule has 0 aromatic heterocycles. The van der Waals surface area contributed by atoms with Crippen LogP contribution in [0.25, 0.3) is 0 Å². The predicted molar refractivity (Wildman–Crippen MR) is 46.1 cm³/mol. The summed E-state index contributed by atoms with van der Waals surface area (Å²) in [7, 11) is -4.31. The van der Waals surface area contributed by atoms with Gasteiger partial charge >= 0.3 is 10.4 Å². The van der Waals surface area contributed by atoms with Crippen LogP contribution in [-0.2, 0) is 14.6 Å². The molecule has 1 rings (SSSR count). The molecule has 0 unspecified atom stereocenters. The molecule has 1 aliphatic heterocycles. The number of rotatable bonds is 4. The lowest BCUT2D eigenvalue weighted by molar-refractivity contribution is 0.0987. The number of nitrogens with zero attached hydrogens (tertiary/aromatic N) is 1. The van der Waals surface area contributed by atoms with E-state index < -0.39 is 10.4 Å². The van der Waals surface area contributed by atoms with E-state index in [1.165, 1.54) is 6.42 Å². The Labute approximate surface area is 77.8 Å². The van der Waals surface area contributed by atoms with Gasteiger partial charge in [-0.05, 0) is 12.8 Å². The highest BCUT2D eigenvalue weighted by Gasteiger charge is 2.10. The molecule has 0 amide bonds. The lowest BCUT2D eigenvalue weighted by Crippen LogP contribution is -2.43. The maximum Gasteiger partial charge on any atom is 0.398 e. The van der Waals surface area contributed by atoms with Gasteiger partial charge in [-0.3, -0.25) is 4.55 Å². The molecule has 2 N–H and O–H groups in total. The molecule has 1 saturated heterocycles. The first-order chi connectivity index (χ1) is 6.08. The zero-order chi connectivity index (χ0) is 9.73. The number of nitrogens with one attached hydrogen (secondary N) is 1. The summed E-state index contributed by atoms with van der Waals surface area (Å²) < 4.78 is 32.6. The summed E-state index contributed by atoms with van der Waals surface area (Å²) in [4.78, 5) is 0. The van der Waals surface area contributed by atoms with Gasteiger partial charge in [0.2, 0.25) is 0 Å². The number of hydrazine groups is 1. The molecular formula is C6H14N2O4S. The fourth-order valence-electron chi connectivity index (χ4n) is 1.24. The van der Waals surface area contributed by atoms with Crippen LogP contribution in [0.5, 0.6) is 0 Å². The van der Waals surface area contributed by atoms with Crippen molar-refractivity contribution in [3.63, 3.8) is 0 Å². The molecule has 0 saturated carbocycles. The topological polar surface area (TPSA) is 78.9 Å². The summed E-state index contributed by atoms with van der Waals surface area (Å²) in [5.74, 6) is 0. The Morgan fingerprint density at radius 3 is 2.46 bits per heavy atom. The maximum atomic E-state index is 10.1. The van der Waals surface area contributed by atoms with Crippen molar-refractivity contribution in [2.24, 2.45) is 0 Å². The molecule has 0 radical (unpaired) electrons. The fourth-order valence-corrected chi connectivity index (χ4v) is 1.45. The number of piperidine rings is 1.